The number of aryl methyl sites for hydroxylation is 1. The zero-order chi connectivity index (χ0) is 15.3. The van der Waals surface area contributed by atoms with Crippen molar-refractivity contribution in [2.45, 2.75) is 58.7 Å². The van der Waals surface area contributed by atoms with Crippen LogP contribution in [0.2, 0.25) is 0 Å². The van der Waals surface area contributed by atoms with E-state index in [0.29, 0.717) is 17.7 Å². The third kappa shape index (κ3) is 4.82. The van der Waals surface area contributed by atoms with Crippen LogP contribution in [0, 0.1) is 24.1 Å². The Bertz CT molecular complexity index is 496. The van der Waals surface area contributed by atoms with Gasteiger partial charge in [-0.15, -0.1) is 0 Å². The van der Waals surface area contributed by atoms with Crippen molar-refractivity contribution in [1.29, 1.82) is 5.26 Å². The molecule has 0 bridgehead atoms. The Morgan fingerprint density at radius 3 is 2.55 bits per heavy atom. The van der Waals surface area contributed by atoms with Gasteiger partial charge in [-0.3, -0.25) is 5.32 Å². The molecule has 1 aromatic rings. The Morgan fingerprint density at radius 2 is 2.05 bits per heavy atom. The van der Waals surface area contributed by atoms with Crippen LogP contribution in [0.5, 0.6) is 5.75 Å². The molecule has 0 spiro atoms. The van der Waals surface area contributed by atoms with E-state index in [4.69, 9.17) is 4.74 Å². The standard InChI is InChI=1S/C16H23FN2O/c1-11(2)19-16(5,10-18)9-13(4)20-14-6-7-15(17)12(3)8-14/h6-8,11,13,19H,9H2,1-5H3. The molecule has 0 aromatic heterocycles. The quantitative estimate of drug-likeness (QED) is 0.865. The molecule has 0 amide bonds. The number of nitriles is 1. The molecule has 0 saturated carbocycles. The molecule has 0 radical (unpaired) electrons. The monoisotopic (exact) mass is 278 g/mol. The molecule has 1 rings (SSSR count). The maximum Gasteiger partial charge on any atom is 0.126 e. The Labute approximate surface area is 120 Å². The largest absolute Gasteiger partial charge is 0.491 e. The predicted octanol–water partition coefficient (Wildman–Crippen LogP) is 3.57. The van der Waals surface area contributed by atoms with Gasteiger partial charge in [0, 0.05) is 12.5 Å². The Morgan fingerprint density at radius 1 is 1.40 bits per heavy atom. The van der Waals surface area contributed by atoms with Gasteiger partial charge in [0.25, 0.3) is 0 Å². The molecule has 2 atom stereocenters. The third-order valence-electron chi connectivity index (χ3n) is 3.02. The minimum absolute atomic E-state index is 0.143. The molecular formula is C16H23FN2O. The van der Waals surface area contributed by atoms with E-state index in [1.54, 1.807) is 19.1 Å². The topological polar surface area (TPSA) is 45.0 Å². The normalized spacial score (nSPS) is 15.5. The fourth-order valence-electron chi connectivity index (χ4n) is 2.31. The first-order chi connectivity index (χ1) is 9.25. The van der Waals surface area contributed by atoms with Crippen LogP contribution in [0.1, 0.15) is 39.7 Å². The number of nitrogens with zero attached hydrogens (tertiary/aromatic N) is 1. The molecule has 2 unspecified atom stereocenters. The van der Waals surface area contributed by atoms with Crippen molar-refractivity contribution in [3.8, 4) is 11.8 Å². The van der Waals surface area contributed by atoms with Gasteiger partial charge in [-0.1, -0.05) is 0 Å². The number of benzene rings is 1. The summed E-state index contributed by atoms with van der Waals surface area (Å²) in [6.07, 6.45) is 0.411. The van der Waals surface area contributed by atoms with Crippen LogP contribution >= 0.6 is 0 Å². The third-order valence-corrected chi connectivity index (χ3v) is 3.02. The fourth-order valence-corrected chi connectivity index (χ4v) is 2.31. The molecule has 1 N–H and O–H groups in total. The zero-order valence-electron chi connectivity index (χ0n) is 12.8. The number of nitrogens with one attached hydrogen (secondary N) is 1. The Balaban J connectivity index is 2.69. The molecule has 3 nitrogen and oxygen atoms in total. The average Bonchev–Trinajstić information content (AvgIpc) is 2.32. The van der Waals surface area contributed by atoms with E-state index < -0.39 is 5.54 Å². The second-order valence-corrected chi connectivity index (χ2v) is 5.79. The lowest BCUT2D eigenvalue weighted by atomic mass is 9.95. The van der Waals surface area contributed by atoms with Crippen LogP contribution in [-0.2, 0) is 0 Å². The van der Waals surface area contributed by atoms with Crippen LogP contribution < -0.4 is 10.1 Å². The highest BCUT2D eigenvalue weighted by molar-refractivity contribution is 5.29. The fraction of sp³-hybridized carbons (Fsp3) is 0.562. The van der Waals surface area contributed by atoms with Crippen molar-refractivity contribution >= 4 is 0 Å². The molecule has 110 valence electrons. The van der Waals surface area contributed by atoms with Crippen molar-refractivity contribution in [3.63, 3.8) is 0 Å². The lowest BCUT2D eigenvalue weighted by Crippen LogP contribution is -2.47. The van der Waals surface area contributed by atoms with Gasteiger partial charge in [0.15, 0.2) is 0 Å². The maximum atomic E-state index is 13.2. The highest BCUT2D eigenvalue weighted by Gasteiger charge is 2.27. The molecule has 20 heavy (non-hydrogen) atoms. The summed E-state index contributed by atoms with van der Waals surface area (Å²) in [4.78, 5) is 0. The van der Waals surface area contributed by atoms with Crippen LogP contribution in [0.4, 0.5) is 4.39 Å². The average molecular weight is 278 g/mol. The van der Waals surface area contributed by atoms with Gasteiger partial charge >= 0.3 is 0 Å². The molecule has 0 fully saturated rings. The van der Waals surface area contributed by atoms with Gasteiger partial charge in [-0.25, -0.2) is 4.39 Å². The highest BCUT2D eigenvalue weighted by Crippen LogP contribution is 2.21. The summed E-state index contributed by atoms with van der Waals surface area (Å²) in [5.41, 5.74) is -0.0825. The number of rotatable bonds is 6. The maximum absolute atomic E-state index is 13.2. The number of halogens is 1. The first-order valence-electron chi connectivity index (χ1n) is 6.87. The van der Waals surface area contributed by atoms with Crippen molar-refractivity contribution in [2.24, 2.45) is 0 Å². The van der Waals surface area contributed by atoms with E-state index in [1.165, 1.54) is 6.07 Å². The summed E-state index contributed by atoms with van der Waals surface area (Å²) >= 11 is 0. The van der Waals surface area contributed by atoms with Crippen LogP contribution in [-0.4, -0.2) is 17.7 Å². The van der Waals surface area contributed by atoms with Crippen molar-refractivity contribution in [2.75, 3.05) is 0 Å². The minimum atomic E-state index is -0.636. The van der Waals surface area contributed by atoms with Crippen LogP contribution in [0.3, 0.4) is 0 Å². The number of ether oxygens (including phenoxy) is 1. The molecular weight excluding hydrogens is 255 g/mol. The van der Waals surface area contributed by atoms with E-state index >= 15 is 0 Å². The first kappa shape index (κ1) is 16.5. The van der Waals surface area contributed by atoms with Crippen molar-refractivity contribution in [1.82, 2.24) is 5.32 Å². The molecule has 0 saturated heterocycles. The molecule has 4 heteroatoms. The van der Waals surface area contributed by atoms with Gasteiger partial charge in [-0.2, -0.15) is 5.26 Å². The number of hydrogen-bond acceptors (Lipinski definition) is 3. The smallest absolute Gasteiger partial charge is 0.126 e. The second-order valence-electron chi connectivity index (χ2n) is 5.79. The van der Waals surface area contributed by atoms with Gasteiger partial charge in [0.05, 0.1) is 12.2 Å². The molecule has 0 heterocycles. The molecule has 0 aliphatic heterocycles. The molecule has 1 aromatic carbocycles. The Hall–Kier alpha value is -1.60. The lowest BCUT2D eigenvalue weighted by molar-refractivity contribution is 0.176. The van der Waals surface area contributed by atoms with Gasteiger partial charge in [0.1, 0.15) is 17.1 Å². The minimum Gasteiger partial charge on any atom is -0.491 e. The van der Waals surface area contributed by atoms with E-state index in [0.717, 1.165) is 0 Å². The highest BCUT2D eigenvalue weighted by atomic mass is 19.1. The van der Waals surface area contributed by atoms with Gasteiger partial charge in [0.2, 0.25) is 0 Å². The molecule has 0 aliphatic carbocycles. The van der Waals surface area contributed by atoms with E-state index in [1.807, 2.05) is 27.7 Å². The van der Waals surface area contributed by atoms with Crippen LogP contribution in [0.25, 0.3) is 0 Å². The molecule has 0 aliphatic rings. The second kappa shape index (κ2) is 6.71. The van der Waals surface area contributed by atoms with Crippen LogP contribution in [0.15, 0.2) is 18.2 Å². The summed E-state index contributed by atoms with van der Waals surface area (Å²) < 4.78 is 19.0. The van der Waals surface area contributed by atoms with Gasteiger partial charge in [-0.05, 0) is 58.4 Å². The summed E-state index contributed by atoms with van der Waals surface area (Å²) in [7, 11) is 0. The summed E-state index contributed by atoms with van der Waals surface area (Å²) in [5, 5.41) is 12.6. The van der Waals surface area contributed by atoms with E-state index in [2.05, 4.69) is 11.4 Å². The lowest BCUT2D eigenvalue weighted by Gasteiger charge is -2.29. The summed E-state index contributed by atoms with van der Waals surface area (Å²) in [5.74, 6) is 0.384. The summed E-state index contributed by atoms with van der Waals surface area (Å²) in [6.45, 7) is 9.49. The predicted molar refractivity (Wildman–Crippen MR) is 78.1 cm³/mol. The number of hydrogen-bond donors (Lipinski definition) is 1. The van der Waals surface area contributed by atoms with Crippen molar-refractivity contribution < 1.29 is 9.13 Å². The SMILES string of the molecule is Cc1cc(OC(C)CC(C)(C#N)NC(C)C)ccc1F. The Kier molecular flexibility index (Phi) is 5.52. The zero-order valence-corrected chi connectivity index (χ0v) is 12.8. The summed E-state index contributed by atoms with van der Waals surface area (Å²) in [6, 6.07) is 7.20. The van der Waals surface area contributed by atoms with Gasteiger partial charge < -0.3 is 4.74 Å². The first-order valence-corrected chi connectivity index (χ1v) is 6.87. The van der Waals surface area contributed by atoms with E-state index in [9.17, 15) is 9.65 Å². The van der Waals surface area contributed by atoms with E-state index in [-0.39, 0.29) is 18.0 Å². The van der Waals surface area contributed by atoms with Crippen molar-refractivity contribution in [3.05, 3.63) is 29.6 Å².